The minimum Gasteiger partial charge on any atom is -0.0900 e. The zero-order chi connectivity index (χ0) is 9.38. The summed E-state index contributed by atoms with van der Waals surface area (Å²) in [7, 11) is 0. The molecule has 5 rings (SSSR count). The van der Waals surface area contributed by atoms with Gasteiger partial charge in [0.2, 0.25) is 0 Å². The van der Waals surface area contributed by atoms with Gasteiger partial charge in [-0.1, -0.05) is 41.7 Å². The molecule has 0 N–H and O–H groups in total. The Labute approximate surface area is 91.7 Å². The molecule has 2 aromatic carbocycles. The molecular formula is C12H8S2. The molecule has 3 aliphatic rings. The molecule has 0 amide bonds. The van der Waals surface area contributed by atoms with E-state index in [-0.39, 0.29) is 0 Å². The summed E-state index contributed by atoms with van der Waals surface area (Å²) in [6.07, 6.45) is 0. The fourth-order valence-corrected chi connectivity index (χ4v) is 2.66. The number of fused-ring (bicyclic) bond motifs is 3. The molecule has 2 heteroatoms. The quantitative estimate of drug-likeness (QED) is 0.402. The van der Waals surface area contributed by atoms with Crippen molar-refractivity contribution in [2.24, 2.45) is 0 Å². The van der Waals surface area contributed by atoms with Crippen LogP contribution in [0, 0.1) is 0 Å². The first-order chi connectivity index (χ1) is 6.92. The average molecular weight is 216 g/mol. The number of hydrogen-bond donors (Lipinski definition) is 0. The van der Waals surface area contributed by atoms with Crippen molar-refractivity contribution < 1.29 is 0 Å². The van der Waals surface area contributed by atoms with Crippen LogP contribution in [0.3, 0.4) is 0 Å². The van der Waals surface area contributed by atoms with Crippen molar-refractivity contribution in [1.29, 1.82) is 0 Å². The minimum atomic E-state index is 1.40. The third-order valence-electron chi connectivity index (χ3n) is 2.07. The van der Waals surface area contributed by atoms with E-state index in [1.807, 2.05) is 23.5 Å². The SMILES string of the molecule is c1cc2cc(c1)S2.c1ccc2c(c1)S2. The standard InChI is InChI=1S/2C6H4S/c1-2-5-4-6(3-1)7-5;1-2-4-6-5(3-1)7-6/h2*1-4H. The third-order valence-corrected chi connectivity index (χ3v) is 4.00. The van der Waals surface area contributed by atoms with Crippen molar-refractivity contribution in [2.45, 2.75) is 19.6 Å². The second-order valence-corrected chi connectivity index (χ2v) is 5.36. The molecule has 0 atom stereocenters. The Bertz CT molecular complexity index is 419. The molecule has 2 bridgehead atoms. The molecule has 14 heavy (non-hydrogen) atoms. The van der Waals surface area contributed by atoms with Crippen LogP contribution in [0.25, 0.3) is 0 Å². The van der Waals surface area contributed by atoms with Crippen molar-refractivity contribution in [3.8, 4) is 0 Å². The molecule has 3 aliphatic heterocycles. The third kappa shape index (κ3) is 1.68. The van der Waals surface area contributed by atoms with E-state index in [2.05, 4.69) is 48.5 Å². The Kier molecular flexibility index (Phi) is 2.03. The van der Waals surface area contributed by atoms with Gasteiger partial charge in [0.15, 0.2) is 0 Å². The van der Waals surface area contributed by atoms with E-state index in [1.165, 1.54) is 19.6 Å². The van der Waals surface area contributed by atoms with E-state index >= 15 is 0 Å². The topological polar surface area (TPSA) is 0 Å². The zero-order valence-electron chi connectivity index (χ0n) is 7.44. The van der Waals surface area contributed by atoms with Gasteiger partial charge in [0, 0.05) is 19.6 Å². The van der Waals surface area contributed by atoms with Crippen molar-refractivity contribution in [3.05, 3.63) is 48.5 Å². The summed E-state index contributed by atoms with van der Waals surface area (Å²) >= 11 is 3.71. The summed E-state index contributed by atoms with van der Waals surface area (Å²) < 4.78 is 0. The monoisotopic (exact) mass is 216 g/mol. The lowest BCUT2D eigenvalue weighted by Gasteiger charge is -2.10. The summed E-state index contributed by atoms with van der Waals surface area (Å²) in [5, 5.41) is 0. The van der Waals surface area contributed by atoms with Crippen molar-refractivity contribution >= 4 is 23.5 Å². The molecule has 0 saturated carbocycles. The van der Waals surface area contributed by atoms with Gasteiger partial charge in [-0.3, -0.25) is 0 Å². The first-order valence-corrected chi connectivity index (χ1v) is 6.10. The first-order valence-electron chi connectivity index (χ1n) is 4.47. The molecule has 3 heterocycles. The maximum Gasteiger partial charge on any atom is 0.0262 e. The van der Waals surface area contributed by atoms with E-state index in [0.717, 1.165) is 0 Å². The predicted molar refractivity (Wildman–Crippen MR) is 61.1 cm³/mol. The van der Waals surface area contributed by atoms with Gasteiger partial charge >= 0.3 is 0 Å². The van der Waals surface area contributed by atoms with Crippen molar-refractivity contribution in [3.63, 3.8) is 0 Å². The van der Waals surface area contributed by atoms with Gasteiger partial charge in [0.1, 0.15) is 0 Å². The fraction of sp³-hybridized carbons (Fsp3) is 0. The fourth-order valence-electron chi connectivity index (χ4n) is 1.29. The molecular weight excluding hydrogens is 208 g/mol. The van der Waals surface area contributed by atoms with Gasteiger partial charge in [-0.25, -0.2) is 0 Å². The first kappa shape index (κ1) is 8.45. The highest BCUT2D eigenvalue weighted by Gasteiger charge is 2.14. The van der Waals surface area contributed by atoms with E-state index in [4.69, 9.17) is 0 Å². The Morgan fingerprint density at radius 3 is 1.50 bits per heavy atom. The van der Waals surface area contributed by atoms with Crippen LogP contribution in [0.15, 0.2) is 68.1 Å². The van der Waals surface area contributed by atoms with Crippen LogP contribution in [0.1, 0.15) is 0 Å². The van der Waals surface area contributed by atoms with Crippen LogP contribution in [-0.4, -0.2) is 0 Å². The Hall–Kier alpha value is -0.860. The van der Waals surface area contributed by atoms with Gasteiger partial charge in [0.25, 0.3) is 0 Å². The maximum absolute atomic E-state index is 2.19. The highest BCUT2D eigenvalue weighted by molar-refractivity contribution is 8.05. The van der Waals surface area contributed by atoms with Crippen LogP contribution >= 0.6 is 23.5 Å². The molecule has 2 aromatic rings. The van der Waals surface area contributed by atoms with Gasteiger partial charge in [0.05, 0.1) is 0 Å². The summed E-state index contributed by atoms with van der Waals surface area (Å²) in [4.78, 5) is 5.69. The van der Waals surface area contributed by atoms with Crippen LogP contribution in [0.4, 0.5) is 0 Å². The summed E-state index contributed by atoms with van der Waals surface area (Å²) in [6, 6.07) is 16.9. The maximum atomic E-state index is 2.19. The molecule has 0 unspecified atom stereocenters. The number of benzene rings is 2. The smallest absolute Gasteiger partial charge is 0.0262 e. The summed E-state index contributed by atoms with van der Waals surface area (Å²) in [5.74, 6) is 0. The van der Waals surface area contributed by atoms with E-state index in [1.54, 1.807) is 0 Å². The van der Waals surface area contributed by atoms with Crippen molar-refractivity contribution in [2.75, 3.05) is 0 Å². The highest BCUT2D eigenvalue weighted by Crippen LogP contribution is 2.47. The molecule has 0 radical (unpaired) electrons. The van der Waals surface area contributed by atoms with E-state index in [9.17, 15) is 0 Å². The predicted octanol–water partition coefficient (Wildman–Crippen LogP) is 4.30. The van der Waals surface area contributed by atoms with Crippen molar-refractivity contribution in [1.82, 2.24) is 0 Å². The van der Waals surface area contributed by atoms with Gasteiger partial charge in [-0.15, -0.1) is 0 Å². The lowest BCUT2D eigenvalue weighted by molar-refractivity contribution is 1.26. The van der Waals surface area contributed by atoms with Gasteiger partial charge < -0.3 is 0 Å². The summed E-state index contributed by atoms with van der Waals surface area (Å²) in [5.41, 5.74) is 0. The molecule has 68 valence electrons. The average Bonchev–Trinajstić information content (AvgIpc) is 2.97. The highest BCUT2D eigenvalue weighted by atomic mass is 32.2. The molecule has 0 spiro atoms. The molecule has 0 aliphatic carbocycles. The van der Waals surface area contributed by atoms with E-state index in [0.29, 0.717) is 0 Å². The Morgan fingerprint density at radius 1 is 0.643 bits per heavy atom. The lowest BCUT2D eigenvalue weighted by atomic mass is 10.3. The van der Waals surface area contributed by atoms with E-state index < -0.39 is 0 Å². The van der Waals surface area contributed by atoms with Gasteiger partial charge in [-0.05, 0) is 30.3 Å². The number of hydrogen-bond acceptors (Lipinski definition) is 2. The normalized spacial score (nSPS) is 13.1. The molecule has 0 nitrogen and oxygen atoms in total. The Morgan fingerprint density at radius 2 is 1.21 bits per heavy atom. The second-order valence-electron chi connectivity index (χ2n) is 3.13. The number of rotatable bonds is 0. The van der Waals surface area contributed by atoms with Crippen LogP contribution in [-0.2, 0) is 0 Å². The van der Waals surface area contributed by atoms with Crippen LogP contribution < -0.4 is 0 Å². The minimum absolute atomic E-state index is 1.40. The largest absolute Gasteiger partial charge is 0.0900 e. The van der Waals surface area contributed by atoms with Gasteiger partial charge in [-0.2, -0.15) is 0 Å². The van der Waals surface area contributed by atoms with Crippen LogP contribution in [0.2, 0.25) is 0 Å². The molecule has 0 aromatic heterocycles. The molecule has 0 fully saturated rings. The Balaban J connectivity index is 0.0000000914. The summed E-state index contributed by atoms with van der Waals surface area (Å²) in [6.45, 7) is 0. The second kappa shape index (κ2) is 3.37. The molecule has 0 saturated heterocycles. The van der Waals surface area contributed by atoms with Crippen LogP contribution in [0.5, 0.6) is 0 Å². The lowest BCUT2D eigenvalue weighted by Crippen LogP contribution is -1.81. The zero-order valence-corrected chi connectivity index (χ0v) is 9.07.